The summed E-state index contributed by atoms with van der Waals surface area (Å²) in [5, 5.41) is 1.69. The summed E-state index contributed by atoms with van der Waals surface area (Å²) in [6.45, 7) is 0.812. The summed E-state index contributed by atoms with van der Waals surface area (Å²) in [5.41, 5.74) is 0.988. The molecule has 3 heterocycles. The highest BCUT2D eigenvalue weighted by molar-refractivity contribution is 8.15. The number of imide groups is 1. The van der Waals surface area contributed by atoms with E-state index < -0.39 is 5.25 Å². The summed E-state index contributed by atoms with van der Waals surface area (Å²) in [6.07, 6.45) is 1.03. The fraction of sp³-hybridized carbons (Fsp3) is 0.450. The lowest BCUT2D eigenvalue weighted by atomic mass is 9.88. The van der Waals surface area contributed by atoms with Crippen molar-refractivity contribution in [1.29, 1.82) is 0 Å². The Balaban J connectivity index is 1.33. The Morgan fingerprint density at radius 1 is 1.20 bits per heavy atom. The molecule has 3 aliphatic rings. The molecule has 1 aromatic carbocycles. The van der Waals surface area contributed by atoms with Gasteiger partial charge >= 0.3 is 0 Å². The molecule has 2 fully saturated rings. The van der Waals surface area contributed by atoms with E-state index in [0.717, 1.165) is 16.7 Å². The zero-order valence-corrected chi connectivity index (χ0v) is 17.2. The van der Waals surface area contributed by atoms with Crippen molar-refractivity contribution < 1.29 is 28.7 Å². The molecule has 1 atom stereocenters. The van der Waals surface area contributed by atoms with E-state index in [1.165, 1.54) is 7.05 Å². The number of nitrogens with zero attached hydrogens (tertiary/aromatic N) is 2. The fourth-order valence-electron chi connectivity index (χ4n) is 3.84. The van der Waals surface area contributed by atoms with Crippen LogP contribution in [0.2, 0.25) is 0 Å². The lowest BCUT2D eigenvalue weighted by Gasteiger charge is -2.32. The Morgan fingerprint density at radius 2 is 1.93 bits per heavy atom. The molecule has 10 heteroatoms. The number of rotatable bonds is 4. The molecular formula is C20H21N3O6S. The molecule has 30 heavy (non-hydrogen) atoms. The largest absolute Gasteiger partial charge is 0.482 e. The Hall–Kier alpha value is -2.88. The Labute approximate surface area is 177 Å². The molecule has 3 aliphatic heterocycles. The van der Waals surface area contributed by atoms with Crippen LogP contribution in [0.5, 0.6) is 5.75 Å². The van der Waals surface area contributed by atoms with Crippen LogP contribution in [0.4, 0.5) is 10.5 Å². The molecule has 4 amide bonds. The van der Waals surface area contributed by atoms with Crippen LogP contribution in [0.15, 0.2) is 18.2 Å². The molecule has 2 saturated heterocycles. The number of fused-ring (bicyclic) bond motifs is 1. The van der Waals surface area contributed by atoms with Crippen LogP contribution in [0.3, 0.4) is 0 Å². The molecule has 0 aromatic heterocycles. The van der Waals surface area contributed by atoms with Crippen molar-refractivity contribution in [3.05, 3.63) is 23.8 Å². The normalized spacial score (nSPS) is 21.9. The van der Waals surface area contributed by atoms with Crippen LogP contribution in [0, 0.1) is 5.92 Å². The van der Waals surface area contributed by atoms with Crippen LogP contribution in [0.25, 0.3) is 0 Å². The maximum absolute atomic E-state index is 12.9. The Morgan fingerprint density at radius 3 is 2.60 bits per heavy atom. The summed E-state index contributed by atoms with van der Waals surface area (Å²) >= 11 is 0.884. The highest BCUT2D eigenvalue weighted by Gasteiger charge is 2.39. The van der Waals surface area contributed by atoms with E-state index in [1.54, 1.807) is 23.1 Å². The van der Waals surface area contributed by atoms with Crippen molar-refractivity contribution >= 4 is 46.2 Å². The van der Waals surface area contributed by atoms with Crippen molar-refractivity contribution in [1.82, 2.24) is 9.80 Å². The smallest absolute Gasteiger partial charge is 0.288 e. The fourth-order valence-corrected chi connectivity index (χ4v) is 4.81. The third kappa shape index (κ3) is 3.91. The zero-order valence-electron chi connectivity index (χ0n) is 16.4. The number of carbonyl (C=O) groups excluding carboxylic acids is 5. The maximum Gasteiger partial charge on any atom is 0.288 e. The molecule has 158 valence electrons. The second-order valence-corrected chi connectivity index (χ2v) is 8.69. The van der Waals surface area contributed by atoms with Gasteiger partial charge in [-0.3, -0.25) is 28.9 Å². The van der Waals surface area contributed by atoms with E-state index in [0.29, 0.717) is 42.9 Å². The average molecular weight is 431 g/mol. The lowest BCUT2D eigenvalue weighted by Crippen LogP contribution is -2.42. The number of nitrogens with one attached hydrogen (secondary N) is 1. The zero-order chi connectivity index (χ0) is 21.4. The van der Waals surface area contributed by atoms with E-state index in [9.17, 15) is 24.0 Å². The molecule has 0 aliphatic carbocycles. The van der Waals surface area contributed by atoms with Crippen molar-refractivity contribution in [2.75, 3.05) is 32.1 Å². The second kappa shape index (κ2) is 8.10. The summed E-state index contributed by atoms with van der Waals surface area (Å²) < 4.78 is 5.31. The van der Waals surface area contributed by atoms with Gasteiger partial charge in [0.15, 0.2) is 12.4 Å². The number of benzene rings is 1. The molecule has 9 nitrogen and oxygen atoms in total. The number of anilines is 1. The molecule has 0 spiro atoms. The maximum atomic E-state index is 12.9. The minimum absolute atomic E-state index is 0.0112. The monoisotopic (exact) mass is 431 g/mol. The quantitative estimate of drug-likeness (QED) is 0.719. The van der Waals surface area contributed by atoms with E-state index >= 15 is 0 Å². The standard InChI is InChI=1S/C20H21N3O6S/c1-22-19(27)15(30-20(22)28)9-17(25)23-6-4-11(5-7-23)18(26)12-2-3-14-13(8-12)21-16(24)10-29-14/h2-3,8,11,15H,4-7,9-10H2,1H3,(H,21,24). The highest BCUT2D eigenvalue weighted by Crippen LogP contribution is 2.32. The van der Waals surface area contributed by atoms with Crippen molar-refractivity contribution in [3.63, 3.8) is 0 Å². The molecule has 4 rings (SSSR count). The number of likely N-dealkylation sites (tertiary alicyclic amines) is 1. The first-order valence-electron chi connectivity index (χ1n) is 9.70. The minimum atomic E-state index is -0.665. The van der Waals surface area contributed by atoms with Crippen molar-refractivity contribution in [3.8, 4) is 5.75 Å². The van der Waals surface area contributed by atoms with Crippen molar-refractivity contribution in [2.24, 2.45) is 5.92 Å². The van der Waals surface area contributed by atoms with Crippen molar-refractivity contribution in [2.45, 2.75) is 24.5 Å². The van der Waals surface area contributed by atoms with E-state index in [1.807, 2.05) is 0 Å². The first-order valence-corrected chi connectivity index (χ1v) is 10.6. The van der Waals surface area contributed by atoms with Gasteiger partial charge in [-0.2, -0.15) is 0 Å². The van der Waals surface area contributed by atoms with E-state index in [2.05, 4.69) is 5.32 Å². The number of carbonyl (C=O) groups is 5. The van der Waals surface area contributed by atoms with E-state index in [-0.39, 0.29) is 47.7 Å². The predicted molar refractivity (Wildman–Crippen MR) is 108 cm³/mol. The SMILES string of the molecule is CN1C(=O)SC(CC(=O)N2CCC(C(=O)c3ccc4c(c3)NC(=O)CO4)CC2)C1=O. The number of piperidine rings is 1. The number of ketones is 1. The van der Waals surface area contributed by atoms with Gasteiger partial charge in [-0.05, 0) is 31.0 Å². The summed E-state index contributed by atoms with van der Waals surface area (Å²) in [4.78, 5) is 63.2. The van der Waals surface area contributed by atoms with Crippen LogP contribution in [-0.2, 0) is 14.4 Å². The second-order valence-electron chi connectivity index (χ2n) is 7.54. The minimum Gasteiger partial charge on any atom is -0.482 e. The molecule has 0 saturated carbocycles. The van der Waals surface area contributed by atoms with Gasteiger partial charge in [0.25, 0.3) is 11.1 Å². The van der Waals surface area contributed by atoms with Crippen LogP contribution < -0.4 is 10.1 Å². The molecule has 1 N–H and O–H groups in total. The summed E-state index contributed by atoms with van der Waals surface area (Å²) in [5.74, 6) is -0.489. The van der Waals surface area contributed by atoms with Gasteiger partial charge < -0.3 is 15.0 Å². The summed E-state index contributed by atoms with van der Waals surface area (Å²) in [6, 6.07) is 4.99. The predicted octanol–water partition coefficient (Wildman–Crippen LogP) is 1.52. The van der Waals surface area contributed by atoms with Gasteiger partial charge in [0, 0.05) is 38.0 Å². The lowest BCUT2D eigenvalue weighted by molar-refractivity contribution is -0.135. The van der Waals surface area contributed by atoms with Gasteiger partial charge in [-0.25, -0.2) is 0 Å². The number of Topliss-reactive ketones (excluding diaryl/α,β-unsaturated/α-hetero) is 1. The van der Waals surface area contributed by atoms with Crippen LogP contribution >= 0.6 is 11.8 Å². The molecular weight excluding hydrogens is 410 g/mol. The number of ether oxygens (including phenoxy) is 1. The topological polar surface area (TPSA) is 113 Å². The molecule has 1 aromatic rings. The molecule has 0 bridgehead atoms. The Bertz CT molecular complexity index is 940. The molecule has 1 unspecified atom stereocenters. The van der Waals surface area contributed by atoms with Gasteiger partial charge in [-0.1, -0.05) is 11.8 Å². The number of thioether (sulfide) groups is 1. The van der Waals surface area contributed by atoms with Gasteiger partial charge in [0.1, 0.15) is 11.0 Å². The first-order chi connectivity index (χ1) is 14.3. The van der Waals surface area contributed by atoms with E-state index in [4.69, 9.17) is 4.74 Å². The van der Waals surface area contributed by atoms with Gasteiger partial charge in [0.2, 0.25) is 11.8 Å². The number of amides is 4. The van der Waals surface area contributed by atoms with Gasteiger partial charge in [-0.15, -0.1) is 0 Å². The highest BCUT2D eigenvalue weighted by atomic mass is 32.2. The third-order valence-electron chi connectivity index (χ3n) is 5.60. The first kappa shape index (κ1) is 20.4. The molecule has 0 radical (unpaired) electrons. The average Bonchev–Trinajstić information content (AvgIpc) is 2.99. The number of hydrogen-bond acceptors (Lipinski definition) is 7. The number of hydrogen-bond donors (Lipinski definition) is 1. The van der Waals surface area contributed by atoms with Crippen LogP contribution in [0.1, 0.15) is 29.6 Å². The summed E-state index contributed by atoms with van der Waals surface area (Å²) in [7, 11) is 1.41. The Kier molecular flexibility index (Phi) is 5.50. The van der Waals surface area contributed by atoms with Gasteiger partial charge in [0.05, 0.1) is 5.69 Å². The third-order valence-corrected chi connectivity index (χ3v) is 6.73. The van der Waals surface area contributed by atoms with Crippen LogP contribution in [-0.4, -0.2) is 70.5 Å².